The van der Waals surface area contributed by atoms with Crippen molar-refractivity contribution < 1.29 is 13.2 Å². The molecule has 0 radical (unpaired) electrons. The highest BCUT2D eigenvalue weighted by Crippen LogP contribution is 2.33. The number of aromatic nitrogens is 1. The minimum atomic E-state index is -3.30. The Morgan fingerprint density at radius 1 is 1.22 bits per heavy atom. The van der Waals surface area contributed by atoms with E-state index in [-0.39, 0.29) is 17.7 Å². The van der Waals surface area contributed by atoms with Crippen LogP contribution in [0.3, 0.4) is 0 Å². The number of rotatable bonds is 3. The molecule has 1 atom stereocenters. The second-order valence-electron chi connectivity index (χ2n) is 6.76. The van der Waals surface area contributed by atoms with Crippen LogP contribution in [0.5, 0.6) is 0 Å². The molecule has 1 saturated heterocycles. The third-order valence-corrected chi connectivity index (χ3v) is 6.17. The Morgan fingerprint density at radius 3 is 2.65 bits per heavy atom. The molecule has 1 unspecified atom stereocenters. The lowest BCUT2D eigenvalue weighted by Crippen LogP contribution is -2.42. The molecule has 2 aliphatic rings. The molecular formula is C17H24N2O3S. The maximum absolute atomic E-state index is 12.6. The van der Waals surface area contributed by atoms with Crippen molar-refractivity contribution in [2.45, 2.75) is 49.3 Å². The summed E-state index contributed by atoms with van der Waals surface area (Å²) in [6.45, 7) is 1.38. The molecule has 1 amide bonds. The largest absolute Gasteiger partial charge is 0.342 e. The van der Waals surface area contributed by atoms with Gasteiger partial charge in [0.25, 0.3) is 0 Å². The fraction of sp³-hybridized carbons (Fsp3) is 0.647. The van der Waals surface area contributed by atoms with Gasteiger partial charge in [0.15, 0.2) is 9.84 Å². The fourth-order valence-electron chi connectivity index (χ4n) is 3.85. The SMILES string of the molecule is CS(=O)(=O)c1cccnc1C1CCCN(C(=O)C2CCCC2)C1. The lowest BCUT2D eigenvalue weighted by Gasteiger charge is -2.34. The smallest absolute Gasteiger partial charge is 0.225 e. The third kappa shape index (κ3) is 3.57. The molecule has 0 spiro atoms. The summed E-state index contributed by atoms with van der Waals surface area (Å²) >= 11 is 0. The number of pyridine rings is 1. The van der Waals surface area contributed by atoms with Gasteiger partial charge in [0.1, 0.15) is 0 Å². The van der Waals surface area contributed by atoms with Crippen LogP contribution in [0.2, 0.25) is 0 Å². The van der Waals surface area contributed by atoms with E-state index in [0.717, 1.165) is 45.1 Å². The number of sulfone groups is 1. The highest BCUT2D eigenvalue weighted by molar-refractivity contribution is 7.90. The van der Waals surface area contributed by atoms with E-state index < -0.39 is 9.84 Å². The van der Waals surface area contributed by atoms with Crippen LogP contribution < -0.4 is 0 Å². The van der Waals surface area contributed by atoms with Crippen LogP contribution in [0.4, 0.5) is 0 Å². The molecule has 1 aromatic heterocycles. The first-order chi connectivity index (χ1) is 11.0. The number of hydrogen-bond acceptors (Lipinski definition) is 4. The molecule has 6 heteroatoms. The maximum Gasteiger partial charge on any atom is 0.225 e. The molecule has 0 N–H and O–H groups in total. The number of carbonyl (C=O) groups is 1. The van der Waals surface area contributed by atoms with E-state index >= 15 is 0 Å². The summed E-state index contributed by atoms with van der Waals surface area (Å²) in [5, 5.41) is 0. The van der Waals surface area contributed by atoms with E-state index in [4.69, 9.17) is 0 Å². The van der Waals surface area contributed by atoms with Crippen LogP contribution in [-0.4, -0.2) is 43.6 Å². The minimum absolute atomic E-state index is 0.0139. The standard InChI is InChI=1S/C17H24N2O3S/c1-23(21,22)15-9-4-10-18-16(15)14-8-5-11-19(12-14)17(20)13-6-2-3-7-13/h4,9-10,13-14H,2-3,5-8,11-12H2,1H3. The normalized spacial score (nSPS) is 23.2. The Balaban J connectivity index is 1.80. The number of hydrogen-bond donors (Lipinski definition) is 0. The highest BCUT2D eigenvalue weighted by atomic mass is 32.2. The monoisotopic (exact) mass is 336 g/mol. The fourth-order valence-corrected chi connectivity index (χ4v) is 4.78. The predicted octanol–water partition coefficient (Wildman–Crippen LogP) is 2.38. The topological polar surface area (TPSA) is 67.3 Å². The van der Waals surface area contributed by atoms with E-state index in [1.165, 1.54) is 6.26 Å². The zero-order chi connectivity index (χ0) is 16.4. The van der Waals surface area contributed by atoms with Crippen molar-refractivity contribution in [3.63, 3.8) is 0 Å². The van der Waals surface area contributed by atoms with Crippen LogP contribution in [-0.2, 0) is 14.6 Å². The second kappa shape index (κ2) is 6.59. The summed E-state index contributed by atoms with van der Waals surface area (Å²) in [7, 11) is -3.30. The molecule has 2 fully saturated rings. The van der Waals surface area contributed by atoms with Crippen molar-refractivity contribution in [2.24, 2.45) is 5.92 Å². The predicted molar refractivity (Wildman–Crippen MR) is 87.9 cm³/mol. The summed E-state index contributed by atoms with van der Waals surface area (Å²) in [6, 6.07) is 3.28. The van der Waals surface area contributed by atoms with E-state index in [0.29, 0.717) is 17.1 Å². The molecule has 0 bridgehead atoms. The van der Waals surface area contributed by atoms with Gasteiger partial charge in [0.05, 0.1) is 10.6 Å². The third-order valence-electron chi connectivity index (χ3n) is 5.02. The Bertz CT molecular complexity index is 681. The number of amides is 1. The van der Waals surface area contributed by atoms with Crippen LogP contribution in [0.1, 0.15) is 50.1 Å². The van der Waals surface area contributed by atoms with Gasteiger partial charge in [-0.25, -0.2) is 8.42 Å². The quantitative estimate of drug-likeness (QED) is 0.850. The Labute approximate surface area is 138 Å². The summed E-state index contributed by atoms with van der Waals surface area (Å²) < 4.78 is 24.0. The molecule has 2 heterocycles. The second-order valence-corrected chi connectivity index (χ2v) is 8.75. The molecule has 5 nitrogen and oxygen atoms in total. The average Bonchev–Trinajstić information content (AvgIpc) is 3.08. The lowest BCUT2D eigenvalue weighted by molar-refractivity contribution is -0.136. The van der Waals surface area contributed by atoms with E-state index in [2.05, 4.69) is 4.98 Å². The average molecular weight is 336 g/mol. The molecule has 3 rings (SSSR count). The number of piperidine rings is 1. The van der Waals surface area contributed by atoms with Crippen molar-refractivity contribution in [1.29, 1.82) is 0 Å². The zero-order valence-electron chi connectivity index (χ0n) is 13.6. The molecule has 1 aliphatic carbocycles. The lowest BCUT2D eigenvalue weighted by atomic mass is 9.93. The molecule has 126 valence electrons. The van der Waals surface area contributed by atoms with Gasteiger partial charge in [-0.3, -0.25) is 9.78 Å². The van der Waals surface area contributed by atoms with Crippen molar-refractivity contribution in [3.05, 3.63) is 24.0 Å². The molecule has 1 aromatic rings. The van der Waals surface area contributed by atoms with E-state index in [9.17, 15) is 13.2 Å². The number of carbonyl (C=O) groups excluding carboxylic acids is 1. The molecule has 1 aliphatic heterocycles. The van der Waals surface area contributed by atoms with Crippen molar-refractivity contribution >= 4 is 15.7 Å². The van der Waals surface area contributed by atoms with Gasteiger partial charge in [0.2, 0.25) is 5.91 Å². The van der Waals surface area contributed by atoms with Crippen molar-refractivity contribution in [2.75, 3.05) is 19.3 Å². The highest BCUT2D eigenvalue weighted by Gasteiger charge is 2.33. The van der Waals surface area contributed by atoms with Gasteiger partial charge in [-0.2, -0.15) is 0 Å². The van der Waals surface area contributed by atoms with E-state index in [1.54, 1.807) is 18.3 Å². The van der Waals surface area contributed by atoms with Crippen LogP contribution >= 0.6 is 0 Å². The summed E-state index contributed by atoms with van der Waals surface area (Å²) in [4.78, 5) is 19.2. The van der Waals surface area contributed by atoms with Crippen molar-refractivity contribution in [3.8, 4) is 0 Å². The first-order valence-corrected chi connectivity index (χ1v) is 10.3. The first-order valence-electron chi connectivity index (χ1n) is 8.40. The van der Waals surface area contributed by atoms with Crippen LogP contribution in [0.15, 0.2) is 23.2 Å². The summed E-state index contributed by atoms with van der Waals surface area (Å²) in [5.74, 6) is 0.441. The molecule has 1 saturated carbocycles. The van der Waals surface area contributed by atoms with Gasteiger partial charge in [-0.05, 0) is 37.8 Å². The zero-order valence-corrected chi connectivity index (χ0v) is 14.4. The van der Waals surface area contributed by atoms with Gasteiger partial charge in [-0.1, -0.05) is 12.8 Å². The summed E-state index contributed by atoms with van der Waals surface area (Å²) in [5.41, 5.74) is 0.624. The summed E-state index contributed by atoms with van der Waals surface area (Å²) in [6.07, 6.45) is 8.94. The number of likely N-dealkylation sites (tertiary alicyclic amines) is 1. The minimum Gasteiger partial charge on any atom is -0.342 e. The van der Waals surface area contributed by atoms with Gasteiger partial charge in [0, 0.05) is 37.4 Å². The Morgan fingerprint density at radius 2 is 1.96 bits per heavy atom. The van der Waals surface area contributed by atoms with Crippen LogP contribution in [0.25, 0.3) is 0 Å². The maximum atomic E-state index is 12.6. The van der Waals surface area contributed by atoms with Crippen molar-refractivity contribution in [1.82, 2.24) is 9.88 Å². The first kappa shape index (κ1) is 16.4. The Hall–Kier alpha value is -1.43. The van der Waals surface area contributed by atoms with E-state index in [1.807, 2.05) is 4.90 Å². The molecule has 0 aromatic carbocycles. The molecular weight excluding hydrogens is 312 g/mol. The molecule has 23 heavy (non-hydrogen) atoms. The Kier molecular flexibility index (Phi) is 4.71. The number of nitrogens with zero attached hydrogens (tertiary/aromatic N) is 2. The van der Waals surface area contributed by atoms with Crippen LogP contribution in [0, 0.1) is 5.92 Å². The van der Waals surface area contributed by atoms with Gasteiger partial charge in [-0.15, -0.1) is 0 Å². The van der Waals surface area contributed by atoms with Gasteiger partial charge >= 0.3 is 0 Å². The van der Waals surface area contributed by atoms with Gasteiger partial charge < -0.3 is 4.90 Å².